The van der Waals surface area contributed by atoms with Crippen molar-refractivity contribution in [1.82, 2.24) is 15.2 Å². The predicted octanol–water partition coefficient (Wildman–Crippen LogP) is 4.08. The van der Waals surface area contributed by atoms with Gasteiger partial charge in [-0.05, 0) is 50.6 Å². The van der Waals surface area contributed by atoms with Crippen LogP contribution < -0.4 is 10.2 Å². The van der Waals surface area contributed by atoms with Crippen molar-refractivity contribution in [3.05, 3.63) is 46.5 Å². The number of amides is 1. The molecule has 5 nitrogen and oxygen atoms in total. The zero-order valence-electron chi connectivity index (χ0n) is 17.6. The fraction of sp³-hybridized carbons (Fsp3) is 0.565. The minimum absolute atomic E-state index is 0.0348. The molecular formula is C23H32N4OS. The summed E-state index contributed by atoms with van der Waals surface area (Å²) in [5.74, 6) is 0.800. The Morgan fingerprint density at radius 1 is 1.24 bits per heavy atom. The van der Waals surface area contributed by atoms with Gasteiger partial charge in [0, 0.05) is 32.2 Å². The summed E-state index contributed by atoms with van der Waals surface area (Å²) in [6.07, 6.45) is 6.84. The summed E-state index contributed by atoms with van der Waals surface area (Å²) in [5.41, 5.74) is 2.33. The second kappa shape index (κ2) is 9.26. The number of anilines is 1. The molecule has 1 aromatic carbocycles. The Morgan fingerprint density at radius 2 is 2.07 bits per heavy atom. The van der Waals surface area contributed by atoms with Crippen LogP contribution in [0.25, 0.3) is 0 Å². The molecule has 2 aliphatic rings. The van der Waals surface area contributed by atoms with Crippen LogP contribution in [0.5, 0.6) is 0 Å². The second-order valence-electron chi connectivity index (χ2n) is 8.64. The maximum absolute atomic E-state index is 12.5. The van der Waals surface area contributed by atoms with Gasteiger partial charge in [-0.1, -0.05) is 48.1 Å². The van der Waals surface area contributed by atoms with Crippen LogP contribution in [0, 0.1) is 12.8 Å². The maximum atomic E-state index is 12.5. The summed E-state index contributed by atoms with van der Waals surface area (Å²) in [4.78, 5) is 22.8. The molecule has 4 rings (SSSR count). The molecule has 29 heavy (non-hydrogen) atoms. The maximum Gasteiger partial charge on any atom is 0.263 e. The number of hydrogen-bond acceptors (Lipinski definition) is 5. The molecule has 2 aromatic rings. The van der Waals surface area contributed by atoms with E-state index in [1.54, 1.807) is 6.20 Å². The van der Waals surface area contributed by atoms with E-state index in [9.17, 15) is 4.79 Å². The van der Waals surface area contributed by atoms with E-state index in [1.807, 2.05) is 12.1 Å². The fourth-order valence-electron chi connectivity index (χ4n) is 4.59. The van der Waals surface area contributed by atoms with Crippen LogP contribution in [-0.2, 0) is 6.54 Å². The van der Waals surface area contributed by atoms with Crippen molar-refractivity contribution in [3.63, 3.8) is 0 Å². The smallest absolute Gasteiger partial charge is 0.263 e. The molecule has 1 atom stereocenters. The molecule has 0 bridgehead atoms. The standard InChI is InChI=1S/C23H32N4OS/c1-17-5-3-7-19(13-17)14-24-22(28)21-15-25-23(29-21)26-11-8-20(9-12-26)27-10-4-6-18(2)16-27/h3,5,7,13,15,18,20H,4,6,8-12,14,16H2,1-2H3,(H,24,28)/t18-/m1/s1. The third-order valence-electron chi connectivity index (χ3n) is 6.19. The van der Waals surface area contributed by atoms with Crippen LogP contribution >= 0.6 is 11.3 Å². The number of piperidine rings is 2. The number of hydrogen-bond donors (Lipinski definition) is 1. The average molecular weight is 413 g/mol. The van der Waals surface area contributed by atoms with Gasteiger partial charge < -0.3 is 10.2 Å². The zero-order valence-corrected chi connectivity index (χ0v) is 18.4. The number of nitrogens with one attached hydrogen (secondary N) is 1. The molecule has 3 heterocycles. The lowest BCUT2D eigenvalue weighted by Gasteiger charge is -2.41. The van der Waals surface area contributed by atoms with Crippen LogP contribution in [0.3, 0.4) is 0 Å². The van der Waals surface area contributed by atoms with E-state index in [2.05, 4.69) is 46.1 Å². The number of rotatable bonds is 5. The van der Waals surface area contributed by atoms with Crippen molar-refractivity contribution in [2.24, 2.45) is 5.92 Å². The van der Waals surface area contributed by atoms with Gasteiger partial charge in [0.25, 0.3) is 5.91 Å². The molecular weight excluding hydrogens is 380 g/mol. The van der Waals surface area contributed by atoms with Crippen LogP contribution in [0.2, 0.25) is 0 Å². The van der Waals surface area contributed by atoms with E-state index in [4.69, 9.17) is 0 Å². The molecule has 0 radical (unpaired) electrons. The summed E-state index contributed by atoms with van der Waals surface area (Å²) < 4.78 is 0. The summed E-state index contributed by atoms with van der Waals surface area (Å²) in [7, 11) is 0. The van der Waals surface area contributed by atoms with E-state index in [1.165, 1.54) is 55.7 Å². The third-order valence-corrected chi connectivity index (χ3v) is 7.25. The fourth-order valence-corrected chi connectivity index (χ4v) is 5.47. The minimum Gasteiger partial charge on any atom is -0.348 e. The number of aromatic nitrogens is 1. The first kappa shape index (κ1) is 20.4. The number of carbonyl (C=O) groups is 1. The Morgan fingerprint density at radius 3 is 2.83 bits per heavy atom. The van der Waals surface area contributed by atoms with Gasteiger partial charge in [0.05, 0.1) is 6.20 Å². The van der Waals surface area contributed by atoms with Crippen LogP contribution in [0.15, 0.2) is 30.5 Å². The number of carbonyl (C=O) groups excluding carboxylic acids is 1. The van der Waals surface area contributed by atoms with Crippen molar-refractivity contribution in [3.8, 4) is 0 Å². The van der Waals surface area contributed by atoms with Crippen molar-refractivity contribution in [2.75, 3.05) is 31.1 Å². The Labute approximate surface area is 178 Å². The van der Waals surface area contributed by atoms with Crippen molar-refractivity contribution < 1.29 is 4.79 Å². The quantitative estimate of drug-likeness (QED) is 0.804. The van der Waals surface area contributed by atoms with Gasteiger partial charge in [0.2, 0.25) is 0 Å². The second-order valence-corrected chi connectivity index (χ2v) is 9.65. The molecule has 2 aliphatic heterocycles. The highest BCUT2D eigenvalue weighted by atomic mass is 32.1. The molecule has 0 aliphatic carbocycles. The number of thiazole rings is 1. The topological polar surface area (TPSA) is 48.5 Å². The SMILES string of the molecule is Cc1cccc(CNC(=O)c2cnc(N3CCC(N4CCC[C@@H](C)C4)CC3)s2)c1. The molecule has 2 saturated heterocycles. The van der Waals surface area contributed by atoms with Gasteiger partial charge in [0.1, 0.15) is 4.88 Å². The van der Waals surface area contributed by atoms with Gasteiger partial charge in [-0.3, -0.25) is 9.69 Å². The first-order valence-corrected chi connectivity index (χ1v) is 11.7. The molecule has 1 amide bonds. The molecule has 1 aromatic heterocycles. The Bertz CT molecular complexity index is 828. The highest BCUT2D eigenvalue weighted by Gasteiger charge is 2.28. The molecule has 0 saturated carbocycles. The average Bonchev–Trinajstić information content (AvgIpc) is 3.23. The van der Waals surface area contributed by atoms with E-state index < -0.39 is 0 Å². The molecule has 1 N–H and O–H groups in total. The first-order chi connectivity index (χ1) is 14.1. The highest BCUT2D eigenvalue weighted by molar-refractivity contribution is 7.17. The molecule has 156 valence electrons. The number of likely N-dealkylation sites (tertiary alicyclic amines) is 1. The Hall–Kier alpha value is -1.92. The van der Waals surface area contributed by atoms with Crippen molar-refractivity contribution in [1.29, 1.82) is 0 Å². The van der Waals surface area contributed by atoms with Crippen LogP contribution in [-0.4, -0.2) is 48.0 Å². The zero-order chi connectivity index (χ0) is 20.2. The summed E-state index contributed by atoms with van der Waals surface area (Å²) in [6.45, 7) is 9.58. The highest BCUT2D eigenvalue weighted by Crippen LogP contribution is 2.28. The van der Waals surface area contributed by atoms with Gasteiger partial charge >= 0.3 is 0 Å². The molecule has 6 heteroatoms. The van der Waals surface area contributed by atoms with E-state index in [0.29, 0.717) is 17.5 Å². The summed E-state index contributed by atoms with van der Waals surface area (Å²) in [5, 5.41) is 4.00. The minimum atomic E-state index is -0.0348. The van der Waals surface area contributed by atoms with Crippen molar-refractivity contribution >= 4 is 22.4 Å². The van der Waals surface area contributed by atoms with Gasteiger partial charge in [-0.15, -0.1) is 0 Å². The van der Waals surface area contributed by atoms with Crippen LogP contribution in [0.1, 0.15) is 53.4 Å². The molecule has 0 spiro atoms. The normalized spacial score (nSPS) is 21.3. The Balaban J connectivity index is 1.28. The predicted molar refractivity (Wildman–Crippen MR) is 120 cm³/mol. The first-order valence-electron chi connectivity index (χ1n) is 10.9. The number of benzene rings is 1. The lowest BCUT2D eigenvalue weighted by molar-refractivity contribution is 0.0954. The van der Waals surface area contributed by atoms with Crippen LogP contribution in [0.4, 0.5) is 5.13 Å². The lowest BCUT2D eigenvalue weighted by atomic mass is 9.95. The van der Waals surface area contributed by atoms with Gasteiger partial charge in [-0.2, -0.15) is 0 Å². The van der Waals surface area contributed by atoms with E-state index >= 15 is 0 Å². The molecule has 0 unspecified atom stereocenters. The Kier molecular flexibility index (Phi) is 6.50. The monoisotopic (exact) mass is 412 g/mol. The summed E-state index contributed by atoms with van der Waals surface area (Å²) in [6, 6.07) is 8.95. The number of aryl methyl sites for hydroxylation is 1. The van der Waals surface area contributed by atoms with Gasteiger partial charge in [0.15, 0.2) is 5.13 Å². The number of nitrogens with zero attached hydrogens (tertiary/aromatic N) is 3. The lowest BCUT2D eigenvalue weighted by Crippen LogP contribution is -2.48. The summed E-state index contributed by atoms with van der Waals surface area (Å²) >= 11 is 1.51. The van der Waals surface area contributed by atoms with Crippen molar-refractivity contribution in [2.45, 2.75) is 52.1 Å². The van der Waals surface area contributed by atoms with Gasteiger partial charge in [-0.25, -0.2) is 4.98 Å². The third kappa shape index (κ3) is 5.17. The van der Waals surface area contributed by atoms with E-state index in [0.717, 1.165) is 29.7 Å². The van der Waals surface area contributed by atoms with E-state index in [-0.39, 0.29) is 5.91 Å². The molecule has 2 fully saturated rings. The largest absolute Gasteiger partial charge is 0.348 e.